The van der Waals surface area contributed by atoms with Crippen molar-refractivity contribution in [2.45, 2.75) is 38.6 Å². The van der Waals surface area contributed by atoms with Gasteiger partial charge in [-0.05, 0) is 37.8 Å². The second-order valence-corrected chi connectivity index (χ2v) is 8.09. The van der Waals surface area contributed by atoms with E-state index in [0.29, 0.717) is 18.4 Å². The Morgan fingerprint density at radius 2 is 1.96 bits per heavy atom. The molecule has 4 rings (SSSR count). The van der Waals surface area contributed by atoms with E-state index in [1.807, 2.05) is 0 Å². The summed E-state index contributed by atoms with van der Waals surface area (Å²) < 4.78 is 1.73. The van der Waals surface area contributed by atoms with Gasteiger partial charge in [-0.1, -0.05) is 30.3 Å². The Bertz CT molecular complexity index is 732. The van der Waals surface area contributed by atoms with Crippen LogP contribution < -0.4 is 0 Å². The number of piperidine rings is 1. The normalized spacial score (nSPS) is 23.2. The molecule has 144 valence electrons. The van der Waals surface area contributed by atoms with E-state index in [-0.39, 0.29) is 5.91 Å². The topological polar surface area (TPSA) is 54.3 Å². The van der Waals surface area contributed by atoms with Crippen molar-refractivity contribution in [3.63, 3.8) is 0 Å². The third kappa shape index (κ3) is 4.56. The molecule has 2 aliphatic rings. The minimum Gasteiger partial charge on any atom is -0.342 e. The zero-order chi connectivity index (χ0) is 18.5. The maximum absolute atomic E-state index is 12.6. The molecular weight excluding hydrogens is 338 g/mol. The fourth-order valence-corrected chi connectivity index (χ4v) is 4.63. The molecule has 0 bridgehead atoms. The predicted octanol–water partition coefficient (Wildman–Crippen LogP) is 2.23. The van der Waals surface area contributed by atoms with Crippen molar-refractivity contribution in [1.29, 1.82) is 0 Å². The first-order chi connectivity index (χ1) is 13.2. The lowest BCUT2D eigenvalue weighted by Crippen LogP contribution is -2.46. The van der Waals surface area contributed by atoms with Gasteiger partial charge in [0.1, 0.15) is 12.7 Å². The molecule has 1 aromatic heterocycles. The van der Waals surface area contributed by atoms with Gasteiger partial charge in [0.05, 0.1) is 6.54 Å². The van der Waals surface area contributed by atoms with Crippen molar-refractivity contribution in [3.05, 3.63) is 48.5 Å². The first kappa shape index (κ1) is 18.2. The van der Waals surface area contributed by atoms with Crippen molar-refractivity contribution in [2.24, 2.45) is 5.41 Å². The van der Waals surface area contributed by atoms with Gasteiger partial charge in [0, 0.05) is 38.0 Å². The highest BCUT2D eigenvalue weighted by molar-refractivity contribution is 5.76. The van der Waals surface area contributed by atoms with Crippen LogP contribution >= 0.6 is 0 Å². The molecule has 0 aliphatic carbocycles. The molecular formula is C21H29N5O. The summed E-state index contributed by atoms with van der Waals surface area (Å²) in [6.45, 7) is 5.88. The van der Waals surface area contributed by atoms with Gasteiger partial charge in [0.15, 0.2) is 0 Å². The van der Waals surface area contributed by atoms with Gasteiger partial charge >= 0.3 is 0 Å². The third-order valence-corrected chi connectivity index (χ3v) is 6.11. The summed E-state index contributed by atoms with van der Waals surface area (Å²) in [5, 5.41) is 4.08. The number of carbonyl (C=O) groups is 1. The average Bonchev–Trinajstić information content (AvgIpc) is 3.36. The van der Waals surface area contributed by atoms with Gasteiger partial charge in [-0.2, -0.15) is 5.10 Å². The fourth-order valence-electron chi connectivity index (χ4n) is 4.63. The van der Waals surface area contributed by atoms with Crippen molar-refractivity contribution in [1.82, 2.24) is 24.6 Å². The van der Waals surface area contributed by atoms with Crippen LogP contribution in [0.4, 0.5) is 0 Å². The maximum Gasteiger partial charge on any atom is 0.224 e. The summed E-state index contributed by atoms with van der Waals surface area (Å²) in [4.78, 5) is 21.2. The smallest absolute Gasteiger partial charge is 0.224 e. The Morgan fingerprint density at radius 3 is 2.78 bits per heavy atom. The summed E-state index contributed by atoms with van der Waals surface area (Å²) in [6.07, 6.45) is 8.45. The minimum atomic E-state index is 0.254. The zero-order valence-electron chi connectivity index (χ0n) is 16.0. The Labute approximate surface area is 161 Å². The molecule has 2 aromatic rings. The molecule has 0 saturated carbocycles. The Morgan fingerprint density at radius 1 is 1.07 bits per heavy atom. The van der Waals surface area contributed by atoms with Crippen LogP contribution in [0, 0.1) is 5.41 Å². The number of rotatable bonds is 6. The van der Waals surface area contributed by atoms with Crippen LogP contribution in [0.1, 0.15) is 31.2 Å². The summed E-state index contributed by atoms with van der Waals surface area (Å²) in [7, 11) is 0. The van der Waals surface area contributed by atoms with Crippen LogP contribution in [0.3, 0.4) is 0 Å². The van der Waals surface area contributed by atoms with Crippen LogP contribution in [0.15, 0.2) is 43.0 Å². The Hall–Kier alpha value is -2.21. The monoisotopic (exact) mass is 367 g/mol. The average molecular weight is 367 g/mol. The zero-order valence-corrected chi connectivity index (χ0v) is 16.0. The number of hydrogen-bond donors (Lipinski definition) is 0. The molecule has 1 aromatic carbocycles. The summed E-state index contributed by atoms with van der Waals surface area (Å²) in [5.41, 5.74) is 1.71. The van der Waals surface area contributed by atoms with Crippen LogP contribution in [-0.2, 0) is 17.8 Å². The van der Waals surface area contributed by atoms with Crippen molar-refractivity contribution in [2.75, 3.05) is 32.7 Å². The number of benzene rings is 1. The van der Waals surface area contributed by atoms with E-state index in [9.17, 15) is 4.79 Å². The van der Waals surface area contributed by atoms with Crippen molar-refractivity contribution >= 4 is 5.91 Å². The van der Waals surface area contributed by atoms with Gasteiger partial charge in [0.25, 0.3) is 0 Å². The van der Waals surface area contributed by atoms with Gasteiger partial charge in [0.2, 0.25) is 5.91 Å². The van der Waals surface area contributed by atoms with Crippen LogP contribution in [0.5, 0.6) is 0 Å². The standard InChI is InChI=1S/C21H29N5O/c27-20(8-13-26-18-22-17-23-26)25-14-10-21(16-25)9-4-11-24(15-21)12-7-19-5-2-1-3-6-19/h1-3,5-6,17-18H,4,7-16H2/t21-/m1/s1. The number of aryl methyl sites for hydroxylation is 1. The number of nitrogens with zero attached hydrogens (tertiary/aromatic N) is 5. The lowest BCUT2D eigenvalue weighted by atomic mass is 9.79. The molecule has 2 saturated heterocycles. The summed E-state index contributed by atoms with van der Waals surface area (Å²) in [6, 6.07) is 10.7. The largest absolute Gasteiger partial charge is 0.342 e. The lowest BCUT2D eigenvalue weighted by molar-refractivity contribution is -0.131. The second kappa shape index (κ2) is 8.21. The molecule has 1 amide bonds. The van der Waals surface area contributed by atoms with Crippen LogP contribution in [-0.4, -0.2) is 63.2 Å². The maximum atomic E-state index is 12.6. The first-order valence-corrected chi connectivity index (χ1v) is 10.1. The van der Waals surface area contributed by atoms with E-state index in [4.69, 9.17) is 0 Å². The highest BCUT2D eigenvalue weighted by Gasteiger charge is 2.42. The number of aromatic nitrogens is 3. The highest BCUT2D eigenvalue weighted by Crippen LogP contribution is 2.39. The lowest BCUT2D eigenvalue weighted by Gasteiger charge is -2.40. The molecule has 0 N–H and O–H groups in total. The third-order valence-electron chi connectivity index (χ3n) is 6.11. The van der Waals surface area contributed by atoms with E-state index in [0.717, 1.165) is 39.0 Å². The van der Waals surface area contributed by atoms with Crippen molar-refractivity contribution < 1.29 is 4.79 Å². The Kier molecular flexibility index (Phi) is 5.53. The first-order valence-electron chi connectivity index (χ1n) is 10.1. The van der Waals surface area contributed by atoms with Gasteiger partial charge in [-0.3, -0.25) is 9.48 Å². The van der Waals surface area contributed by atoms with Gasteiger partial charge < -0.3 is 9.80 Å². The van der Waals surface area contributed by atoms with E-state index < -0.39 is 0 Å². The molecule has 1 atom stereocenters. The quantitative estimate of drug-likeness (QED) is 0.786. The highest BCUT2D eigenvalue weighted by atomic mass is 16.2. The fraction of sp³-hybridized carbons (Fsp3) is 0.571. The predicted molar refractivity (Wildman–Crippen MR) is 104 cm³/mol. The summed E-state index contributed by atoms with van der Waals surface area (Å²) >= 11 is 0. The van der Waals surface area contributed by atoms with E-state index in [1.54, 1.807) is 11.0 Å². The SMILES string of the molecule is O=C(CCn1cncn1)N1CC[C@@]2(CCCN(CCc3ccccc3)C2)C1. The van der Waals surface area contributed by atoms with E-state index in [1.165, 1.54) is 31.3 Å². The minimum absolute atomic E-state index is 0.254. The molecule has 0 radical (unpaired) electrons. The van der Waals surface area contributed by atoms with Crippen molar-refractivity contribution in [3.8, 4) is 0 Å². The van der Waals surface area contributed by atoms with Gasteiger partial charge in [-0.25, -0.2) is 4.98 Å². The number of carbonyl (C=O) groups excluding carboxylic acids is 1. The van der Waals surface area contributed by atoms with Gasteiger partial charge in [-0.15, -0.1) is 0 Å². The van der Waals surface area contributed by atoms with E-state index >= 15 is 0 Å². The molecule has 1 spiro atoms. The molecule has 2 aliphatic heterocycles. The Balaban J connectivity index is 1.27. The molecule has 6 heteroatoms. The molecule has 3 heterocycles. The molecule has 2 fully saturated rings. The number of hydrogen-bond acceptors (Lipinski definition) is 4. The molecule has 0 unspecified atom stereocenters. The van der Waals surface area contributed by atoms with E-state index in [2.05, 4.69) is 50.2 Å². The van der Waals surface area contributed by atoms with Crippen LogP contribution in [0.25, 0.3) is 0 Å². The molecule has 6 nitrogen and oxygen atoms in total. The number of likely N-dealkylation sites (tertiary alicyclic amines) is 2. The molecule has 27 heavy (non-hydrogen) atoms. The van der Waals surface area contributed by atoms with Crippen LogP contribution in [0.2, 0.25) is 0 Å². The summed E-state index contributed by atoms with van der Waals surface area (Å²) in [5.74, 6) is 0.254. The number of amides is 1. The second-order valence-electron chi connectivity index (χ2n) is 8.09.